The normalized spacial score (nSPS) is 18.8. The number of H-pyrrole nitrogens is 1. The number of amides is 1. The predicted octanol–water partition coefficient (Wildman–Crippen LogP) is 3.50. The fraction of sp³-hybridized carbons (Fsp3) is 0.211. The largest absolute Gasteiger partial charge is 0.497 e. The lowest BCUT2D eigenvalue weighted by molar-refractivity contribution is -0.118. The quantitative estimate of drug-likeness (QED) is 0.753. The smallest absolute Gasteiger partial charge is 0.234 e. The van der Waals surface area contributed by atoms with E-state index in [2.05, 4.69) is 20.5 Å². The number of methoxy groups -OCH3 is 1. The molecule has 26 heavy (non-hydrogen) atoms. The summed E-state index contributed by atoms with van der Waals surface area (Å²) in [5, 5.41) is 9.91. The van der Waals surface area contributed by atoms with E-state index in [4.69, 9.17) is 9.15 Å². The molecule has 1 aromatic carbocycles. The maximum absolute atomic E-state index is 13.1. The molecule has 0 spiro atoms. The fourth-order valence-corrected chi connectivity index (χ4v) is 3.29. The fourth-order valence-electron chi connectivity index (χ4n) is 3.29. The van der Waals surface area contributed by atoms with Gasteiger partial charge in [0.15, 0.2) is 5.82 Å². The van der Waals surface area contributed by atoms with E-state index in [9.17, 15) is 4.79 Å². The van der Waals surface area contributed by atoms with E-state index in [0.29, 0.717) is 23.0 Å². The molecule has 1 aliphatic heterocycles. The number of nitrogens with zero attached hydrogens (tertiary/aromatic N) is 2. The molecular weight excluding hydrogens is 332 g/mol. The number of carbonyl (C=O) groups is 1. The van der Waals surface area contributed by atoms with Crippen LogP contribution in [0.25, 0.3) is 0 Å². The number of ether oxygens (including phenoxy) is 1. The molecule has 3 heterocycles. The summed E-state index contributed by atoms with van der Waals surface area (Å²) in [7, 11) is 1.60. The number of benzene rings is 1. The highest BCUT2D eigenvalue weighted by atomic mass is 16.5. The molecular formula is C19H18N4O3. The monoisotopic (exact) mass is 350 g/mol. The van der Waals surface area contributed by atoms with E-state index in [1.807, 2.05) is 19.1 Å². The molecule has 2 unspecified atom stereocenters. The number of hydrogen-bond donors (Lipinski definition) is 2. The van der Waals surface area contributed by atoms with Gasteiger partial charge in [-0.2, -0.15) is 5.10 Å². The Morgan fingerprint density at radius 1 is 1.27 bits per heavy atom. The molecule has 2 atom stereocenters. The maximum Gasteiger partial charge on any atom is 0.234 e. The van der Waals surface area contributed by atoms with E-state index in [1.165, 1.54) is 0 Å². The molecule has 0 radical (unpaired) electrons. The van der Waals surface area contributed by atoms with Gasteiger partial charge in [0.25, 0.3) is 0 Å². The molecule has 3 aromatic rings. The molecule has 132 valence electrons. The van der Waals surface area contributed by atoms with Crippen molar-refractivity contribution in [2.75, 3.05) is 12.4 Å². The van der Waals surface area contributed by atoms with E-state index < -0.39 is 5.92 Å². The molecule has 1 aliphatic rings. The highest BCUT2D eigenvalue weighted by Gasteiger charge is 2.40. The molecule has 7 nitrogen and oxygen atoms in total. The summed E-state index contributed by atoms with van der Waals surface area (Å²) < 4.78 is 10.8. The van der Waals surface area contributed by atoms with Crippen molar-refractivity contribution in [2.45, 2.75) is 12.8 Å². The van der Waals surface area contributed by atoms with Crippen molar-refractivity contribution >= 4 is 23.1 Å². The molecule has 0 aliphatic carbocycles. The number of fused-ring (bicyclic) bond motifs is 1. The first-order valence-electron chi connectivity index (χ1n) is 8.24. The summed E-state index contributed by atoms with van der Waals surface area (Å²) in [6.07, 6.45) is 3.31. The van der Waals surface area contributed by atoms with Gasteiger partial charge in [-0.15, -0.1) is 0 Å². The van der Waals surface area contributed by atoms with Crippen LogP contribution in [0.5, 0.6) is 5.75 Å². The summed E-state index contributed by atoms with van der Waals surface area (Å²) >= 11 is 0. The Labute approximate surface area is 150 Å². The molecule has 4 rings (SSSR count). The minimum atomic E-state index is -0.492. The Morgan fingerprint density at radius 2 is 2.08 bits per heavy atom. The van der Waals surface area contributed by atoms with Crippen LogP contribution in [-0.4, -0.2) is 28.9 Å². The first kappa shape index (κ1) is 16.1. The Morgan fingerprint density at radius 3 is 2.77 bits per heavy atom. The molecule has 7 heteroatoms. The Kier molecular flexibility index (Phi) is 4.04. The van der Waals surface area contributed by atoms with Crippen molar-refractivity contribution < 1.29 is 13.9 Å². The summed E-state index contributed by atoms with van der Waals surface area (Å²) in [5.41, 5.74) is 2.24. The van der Waals surface area contributed by atoms with Crippen LogP contribution in [0, 0.1) is 5.92 Å². The first-order valence-corrected chi connectivity index (χ1v) is 8.24. The molecule has 2 N–H and O–H groups in total. The number of hydrogen-bond acceptors (Lipinski definition) is 5. The second-order valence-corrected chi connectivity index (χ2v) is 6.12. The number of furan rings is 1. The van der Waals surface area contributed by atoms with E-state index in [0.717, 1.165) is 11.3 Å². The molecule has 0 bridgehead atoms. The van der Waals surface area contributed by atoms with Gasteiger partial charge in [-0.25, -0.2) is 4.99 Å². The third kappa shape index (κ3) is 2.77. The van der Waals surface area contributed by atoms with Gasteiger partial charge >= 0.3 is 0 Å². The van der Waals surface area contributed by atoms with E-state index in [1.54, 1.807) is 43.8 Å². The highest BCUT2D eigenvalue weighted by Crippen LogP contribution is 2.41. The first-order chi connectivity index (χ1) is 12.7. The molecule has 0 saturated heterocycles. The van der Waals surface area contributed by atoms with Crippen molar-refractivity contribution in [2.24, 2.45) is 10.9 Å². The minimum Gasteiger partial charge on any atom is -0.497 e. The lowest BCUT2D eigenvalue weighted by atomic mass is 9.80. The number of aromatic nitrogens is 2. The second kappa shape index (κ2) is 6.51. The van der Waals surface area contributed by atoms with Crippen LogP contribution in [0.2, 0.25) is 0 Å². The molecule has 1 amide bonds. The van der Waals surface area contributed by atoms with Crippen LogP contribution in [-0.2, 0) is 4.79 Å². The second-order valence-electron chi connectivity index (χ2n) is 6.12. The molecule has 0 fully saturated rings. The van der Waals surface area contributed by atoms with Crippen molar-refractivity contribution in [1.29, 1.82) is 0 Å². The Balaban J connectivity index is 1.67. The standard InChI is InChI=1S/C19H18N4O3/c1-11-16(19(24)22-12-5-7-13(25-2)8-6-12)17(15-4-3-9-26-15)14-10-20-23-18(14)21-11/h3-10,16-17H,1-2H3,(H,20,23)(H,22,24). The average molecular weight is 350 g/mol. The van der Waals surface area contributed by atoms with Crippen LogP contribution in [0.15, 0.2) is 58.3 Å². The van der Waals surface area contributed by atoms with Gasteiger partial charge in [0.2, 0.25) is 5.91 Å². The van der Waals surface area contributed by atoms with E-state index >= 15 is 0 Å². The van der Waals surface area contributed by atoms with Gasteiger partial charge in [-0.05, 0) is 43.3 Å². The van der Waals surface area contributed by atoms with Crippen LogP contribution in [0.1, 0.15) is 24.2 Å². The van der Waals surface area contributed by atoms with Gasteiger partial charge in [-0.1, -0.05) is 0 Å². The Hall–Kier alpha value is -3.35. The van der Waals surface area contributed by atoms with Gasteiger partial charge in [0, 0.05) is 17.0 Å². The minimum absolute atomic E-state index is 0.148. The summed E-state index contributed by atoms with van der Waals surface area (Å²) in [5.74, 6) is 1.18. The van der Waals surface area contributed by atoms with Crippen LogP contribution >= 0.6 is 0 Å². The number of anilines is 1. The van der Waals surface area contributed by atoms with Gasteiger partial charge in [0.1, 0.15) is 11.5 Å². The lowest BCUT2D eigenvalue weighted by Crippen LogP contribution is -2.35. The zero-order valence-electron chi connectivity index (χ0n) is 14.4. The van der Waals surface area contributed by atoms with Crippen LogP contribution in [0.3, 0.4) is 0 Å². The number of aromatic amines is 1. The topological polar surface area (TPSA) is 92.5 Å². The third-order valence-corrected chi connectivity index (χ3v) is 4.54. The Bertz CT molecular complexity index is 942. The number of nitrogens with one attached hydrogen (secondary N) is 2. The summed E-state index contributed by atoms with van der Waals surface area (Å²) in [6.45, 7) is 1.85. The third-order valence-electron chi connectivity index (χ3n) is 4.54. The maximum atomic E-state index is 13.1. The molecule has 2 aromatic heterocycles. The highest BCUT2D eigenvalue weighted by molar-refractivity contribution is 6.11. The number of carbonyl (C=O) groups excluding carboxylic acids is 1. The molecule has 0 saturated carbocycles. The van der Waals surface area contributed by atoms with E-state index in [-0.39, 0.29) is 11.8 Å². The van der Waals surface area contributed by atoms with Crippen LogP contribution < -0.4 is 10.1 Å². The summed E-state index contributed by atoms with van der Waals surface area (Å²) in [6, 6.07) is 10.9. The van der Waals surface area contributed by atoms with Crippen molar-refractivity contribution in [3.8, 4) is 5.75 Å². The van der Waals surface area contributed by atoms with Crippen LogP contribution in [0.4, 0.5) is 11.5 Å². The number of rotatable bonds is 4. The van der Waals surface area contributed by atoms with Crippen molar-refractivity contribution in [3.05, 3.63) is 60.2 Å². The van der Waals surface area contributed by atoms with Gasteiger partial charge < -0.3 is 14.5 Å². The van der Waals surface area contributed by atoms with Gasteiger partial charge in [0.05, 0.1) is 31.4 Å². The SMILES string of the molecule is COc1ccc(NC(=O)C2C(C)=Nc3[nH]ncc3C2c2ccco2)cc1. The van der Waals surface area contributed by atoms with Crippen molar-refractivity contribution in [3.63, 3.8) is 0 Å². The zero-order valence-corrected chi connectivity index (χ0v) is 14.4. The summed E-state index contributed by atoms with van der Waals surface area (Å²) in [4.78, 5) is 17.6. The lowest BCUT2D eigenvalue weighted by Gasteiger charge is -2.28. The zero-order chi connectivity index (χ0) is 18.1. The number of aliphatic imine (C=N–C) groups is 1. The van der Waals surface area contributed by atoms with Gasteiger partial charge in [-0.3, -0.25) is 9.89 Å². The predicted molar refractivity (Wildman–Crippen MR) is 97.0 cm³/mol. The van der Waals surface area contributed by atoms with Crippen molar-refractivity contribution in [1.82, 2.24) is 10.2 Å². The average Bonchev–Trinajstić information content (AvgIpc) is 3.32.